The third kappa shape index (κ3) is 3.62. The first kappa shape index (κ1) is 18.9. The number of hydrogen-bond acceptors (Lipinski definition) is 2. The van der Waals surface area contributed by atoms with Crippen molar-refractivity contribution in [1.29, 1.82) is 0 Å². The van der Waals surface area contributed by atoms with Gasteiger partial charge < -0.3 is 4.74 Å². The molecule has 0 amide bonds. The Morgan fingerprint density at radius 1 is 0.821 bits per heavy atom. The summed E-state index contributed by atoms with van der Waals surface area (Å²) in [5.41, 5.74) is 0.954. The number of ether oxygens (including phenoxy) is 1. The molecular weight excluding hydrogens is 361 g/mol. The number of aliphatic imine (C=N–C) groups is 1. The van der Waals surface area contributed by atoms with E-state index in [9.17, 15) is 0 Å². The molecule has 1 atom stereocenters. The van der Waals surface area contributed by atoms with E-state index in [1.165, 1.54) is 15.9 Å². The fourth-order valence-corrected chi connectivity index (χ4v) is 5.82. The molecule has 3 aromatic carbocycles. The SMILES string of the molecule is CC(C)C1(C)COC(c2ccccc2P(c2ccccc2)c2ccccc2)=N1. The number of benzene rings is 3. The molecule has 1 heterocycles. The highest BCUT2D eigenvalue weighted by Gasteiger charge is 2.36. The van der Waals surface area contributed by atoms with Crippen LogP contribution in [-0.4, -0.2) is 18.0 Å². The van der Waals surface area contributed by atoms with Crippen LogP contribution in [0.2, 0.25) is 0 Å². The minimum atomic E-state index is -0.690. The van der Waals surface area contributed by atoms with Crippen LogP contribution in [-0.2, 0) is 4.74 Å². The van der Waals surface area contributed by atoms with Crippen molar-refractivity contribution in [3.8, 4) is 0 Å². The zero-order valence-corrected chi connectivity index (χ0v) is 17.6. The quantitative estimate of drug-likeness (QED) is 0.585. The molecule has 0 fully saturated rings. The normalized spacial score (nSPS) is 19.0. The van der Waals surface area contributed by atoms with Gasteiger partial charge in [0.2, 0.25) is 5.90 Å². The average Bonchev–Trinajstić information content (AvgIpc) is 3.14. The zero-order chi connectivity index (χ0) is 19.6. The Morgan fingerprint density at radius 3 is 1.89 bits per heavy atom. The van der Waals surface area contributed by atoms with E-state index in [0.717, 1.165) is 11.5 Å². The predicted octanol–water partition coefficient (Wildman–Crippen LogP) is 4.64. The molecule has 0 aromatic heterocycles. The van der Waals surface area contributed by atoms with Crippen LogP contribution in [0.25, 0.3) is 0 Å². The summed E-state index contributed by atoms with van der Waals surface area (Å²) in [4.78, 5) is 5.02. The summed E-state index contributed by atoms with van der Waals surface area (Å²) in [6, 6.07) is 30.1. The number of rotatable bonds is 5. The minimum Gasteiger partial charge on any atom is -0.475 e. The molecular formula is C25H26NOP. The molecule has 0 spiro atoms. The Bertz CT molecular complexity index is 929. The number of hydrogen-bond donors (Lipinski definition) is 0. The van der Waals surface area contributed by atoms with Crippen LogP contribution in [0, 0.1) is 5.92 Å². The van der Waals surface area contributed by atoms with Gasteiger partial charge in [-0.15, -0.1) is 0 Å². The van der Waals surface area contributed by atoms with Crippen LogP contribution in [0.5, 0.6) is 0 Å². The molecule has 0 aliphatic carbocycles. The van der Waals surface area contributed by atoms with Crippen molar-refractivity contribution in [1.82, 2.24) is 0 Å². The Balaban J connectivity index is 1.86. The van der Waals surface area contributed by atoms with Gasteiger partial charge in [-0.1, -0.05) is 92.7 Å². The summed E-state index contributed by atoms with van der Waals surface area (Å²) in [6.07, 6.45) is 0. The van der Waals surface area contributed by atoms with Gasteiger partial charge >= 0.3 is 0 Å². The van der Waals surface area contributed by atoms with Crippen LogP contribution in [0.15, 0.2) is 89.9 Å². The van der Waals surface area contributed by atoms with Crippen molar-refractivity contribution in [3.63, 3.8) is 0 Å². The molecule has 1 aliphatic rings. The third-order valence-electron chi connectivity index (χ3n) is 5.51. The molecule has 0 saturated carbocycles. The van der Waals surface area contributed by atoms with Gasteiger partial charge in [0.05, 0.1) is 5.54 Å². The zero-order valence-electron chi connectivity index (χ0n) is 16.7. The van der Waals surface area contributed by atoms with E-state index in [1.807, 2.05) is 0 Å². The second-order valence-corrected chi connectivity index (χ2v) is 9.93. The van der Waals surface area contributed by atoms with Crippen molar-refractivity contribution in [2.75, 3.05) is 6.61 Å². The van der Waals surface area contributed by atoms with Gasteiger partial charge in [-0.2, -0.15) is 0 Å². The lowest BCUT2D eigenvalue weighted by Gasteiger charge is -2.22. The van der Waals surface area contributed by atoms with E-state index in [4.69, 9.17) is 9.73 Å². The molecule has 1 unspecified atom stereocenters. The molecule has 2 nitrogen and oxygen atoms in total. The van der Waals surface area contributed by atoms with E-state index >= 15 is 0 Å². The molecule has 0 N–H and O–H groups in total. The summed E-state index contributed by atoms with van der Waals surface area (Å²) in [5.74, 6) is 1.22. The van der Waals surface area contributed by atoms with Crippen LogP contribution in [0.4, 0.5) is 0 Å². The molecule has 3 aromatic rings. The lowest BCUT2D eigenvalue weighted by atomic mass is 9.91. The standard InChI is InChI=1S/C25H26NOP/c1-19(2)25(3)18-27-24(26-25)22-16-10-11-17-23(22)28(20-12-6-4-7-13-20)21-14-8-5-9-15-21/h4-17,19H,18H2,1-3H3. The van der Waals surface area contributed by atoms with Crippen LogP contribution in [0.3, 0.4) is 0 Å². The van der Waals surface area contributed by atoms with Crippen LogP contribution >= 0.6 is 7.92 Å². The second-order valence-electron chi connectivity index (χ2n) is 7.74. The van der Waals surface area contributed by atoms with Gasteiger partial charge in [-0.25, -0.2) is 4.99 Å². The van der Waals surface area contributed by atoms with E-state index in [-0.39, 0.29) is 5.54 Å². The monoisotopic (exact) mass is 387 g/mol. The first-order valence-corrected chi connectivity index (χ1v) is 11.1. The third-order valence-corrected chi connectivity index (χ3v) is 8.01. The van der Waals surface area contributed by atoms with Crippen molar-refractivity contribution >= 4 is 29.7 Å². The molecule has 4 rings (SSSR count). The predicted molar refractivity (Wildman–Crippen MR) is 121 cm³/mol. The van der Waals surface area contributed by atoms with E-state index in [1.54, 1.807) is 0 Å². The summed E-state index contributed by atoms with van der Waals surface area (Å²) in [5, 5.41) is 3.96. The van der Waals surface area contributed by atoms with Gasteiger partial charge in [0.25, 0.3) is 0 Å². The molecule has 0 saturated heterocycles. The van der Waals surface area contributed by atoms with Gasteiger partial charge in [-0.05, 0) is 42.7 Å². The topological polar surface area (TPSA) is 21.6 Å². The van der Waals surface area contributed by atoms with Gasteiger partial charge in [0, 0.05) is 5.56 Å². The van der Waals surface area contributed by atoms with Crippen molar-refractivity contribution in [2.24, 2.45) is 10.9 Å². The maximum absolute atomic E-state index is 6.14. The number of nitrogens with zero attached hydrogens (tertiary/aromatic N) is 1. The Kier molecular flexibility index (Phi) is 5.33. The largest absolute Gasteiger partial charge is 0.475 e. The fraction of sp³-hybridized carbons (Fsp3) is 0.240. The molecule has 1 aliphatic heterocycles. The maximum Gasteiger partial charge on any atom is 0.217 e. The first-order chi connectivity index (χ1) is 13.6. The lowest BCUT2D eigenvalue weighted by Crippen LogP contribution is -2.30. The first-order valence-electron chi connectivity index (χ1n) is 9.81. The fourth-order valence-electron chi connectivity index (χ4n) is 3.38. The van der Waals surface area contributed by atoms with Gasteiger partial charge in [0.1, 0.15) is 6.61 Å². The minimum absolute atomic E-state index is 0.162. The van der Waals surface area contributed by atoms with Crippen LogP contribution in [0.1, 0.15) is 26.3 Å². The summed E-state index contributed by atoms with van der Waals surface area (Å²) >= 11 is 0. The highest BCUT2D eigenvalue weighted by Crippen LogP contribution is 2.36. The maximum atomic E-state index is 6.14. The van der Waals surface area contributed by atoms with Gasteiger partial charge in [0.15, 0.2) is 0 Å². The van der Waals surface area contributed by atoms with E-state index < -0.39 is 7.92 Å². The molecule has 142 valence electrons. The summed E-state index contributed by atoms with van der Waals surface area (Å²) in [7, 11) is -0.690. The Hall–Kier alpha value is -2.44. The Morgan fingerprint density at radius 2 is 1.36 bits per heavy atom. The second kappa shape index (κ2) is 7.89. The average molecular weight is 387 g/mol. The Labute approximate surface area is 169 Å². The van der Waals surface area contributed by atoms with E-state index in [0.29, 0.717) is 12.5 Å². The molecule has 0 radical (unpaired) electrons. The molecule has 0 bridgehead atoms. The summed E-state index contributed by atoms with van der Waals surface area (Å²) in [6.45, 7) is 7.25. The van der Waals surface area contributed by atoms with Crippen molar-refractivity contribution in [3.05, 3.63) is 90.5 Å². The highest BCUT2D eigenvalue weighted by atomic mass is 31.1. The van der Waals surface area contributed by atoms with Crippen molar-refractivity contribution < 1.29 is 4.74 Å². The highest BCUT2D eigenvalue weighted by molar-refractivity contribution is 7.80. The smallest absolute Gasteiger partial charge is 0.217 e. The van der Waals surface area contributed by atoms with E-state index in [2.05, 4.69) is 106 Å². The summed E-state index contributed by atoms with van der Waals surface area (Å²) < 4.78 is 6.14. The lowest BCUT2D eigenvalue weighted by molar-refractivity contribution is 0.224. The molecule has 3 heteroatoms. The molecule has 28 heavy (non-hydrogen) atoms. The van der Waals surface area contributed by atoms with Gasteiger partial charge in [-0.3, -0.25) is 0 Å². The van der Waals surface area contributed by atoms with Crippen molar-refractivity contribution in [2.45, 2.75) is 26.3 Å². The van der Waals surface area contributed by atoms with Crippen LogP contribution < -0.4 is 15.9 Å².